The second-order valence-corrected chi connectivity index (χ2v) is 4.87. The van der Waals surface area contributed by atoms with Crippen molar-refractivity contribution in [1.82, 2.24) is 10.2 Å². The molecule has 102 valence electrons. The van der Waals surface area contributed by atoms with Gasteiger partial charge in [-0.2, -0.15) is 0 Å². The largest absolute Gasteiger partial charge is 0.295 e. The summed E-state index contributed by atoms with van der Waals surface area (Å²) in [7, 11) is 0. The molecule has 2 aliphatic heterocycles. The molecular weight excluding hydrogens is 260 g/mol. The smallest absolute Gasteiger partial charge is 0.261 e. The highest BCUT2D eigenvalue weighted by molar-refractivity contribution is 6.13. The number of rotatable bonds is 1. The van der Waals surface area contributed by atoms with Gasteiger partial charge in [0, 0.05) is 12.0 Å². The van der Waals surface area contributed by atoms with Gasteiger partial charge in [0.25, 0.3) is 5.91 Å². The number of hydrogen-bond donors (Lipinski definition) is 1. The highest BCUT2D eigenvalue weighted by Gasteiger charge is 2.41. The van der Waals surface area contributed by atoms with Crippen LogP contribution in [0, 0.1) is 0 Å². The van der Waals surface area contributed by atoms with Gasteiger partial charge >= 0.3 is 0 Å². The number of piperidine rings is 1. The Hall–Kier alpha value is -2.50. The fourth-order valence-electron chi connectivity index (χ4n) is 2.62. The maximum absolute atomic E-state index is 12.4. The third-order valence-electron chi connectivity index (χ3n) is 3.60. The van der Waals surface area contributed by atoms with Crippen LogP contribution in [0.25, 0.3) is 0 Å². The second-order valence-electron chi connectivity index (χ2n) is 4.87. The van der Waals surface area contributed by atoms with E-state index in [2.05, 4.69) is 5.32 Å². The van der Waals surface area contributed by atoms with Gasteiger partial charge in [0.15, 0.2) is 0 Å². The van der Waals surface area contributed by atoms with Crippen molar-refractivity contribution in [2.75, 3.05) is 0 Å². The summed E-state index contributed by atoms with van der Waals surface area (Å²) in [5.41, 5.74) is 1.11. The summed E-state index contributed by atoms with van der Waals surface area (Å²) < 4.78 is 0. The summed E-state index contributed by atoms with van der Waals surface area (Å²) in [6, 6.07) is 5.97. The van der Waals surface area contributed by atoms with E-state index >= 15 is 0 Å². The lowest BCUT2D eigenvalue weighted by Gasteiger charge is -2.34. The highest BCUT2D eigenvalue weighted by atomic mass is 16.2. The summed E-state index contributed by atoms with van der Waals surface area (Å²) in [5, 5.41) is 2.17. The summed E-state index contributed by atoms with van der Waals surface area (Å²) in [6.07, 6.45) is 0.416. The molecule has 1 aromatic rings. The van der Waals surface area contributed by atoms with Crippen molar-refractivity contribution in [3.05, 3.63) is 35.4 Å². The van der Waals surface area contributed by atoms with Crippen molar-refractivity contribution in [3.63, 3.8) is 0 Å². The molecule has 0 spiro atoms. The van der Waals surface area contributed by atoms with Crippen LogP contribution < -0.4 is 5.32 Å². The fraction of sp³-hybridized carbons (Fsp3) is 0.286. The maximum atomic E-state index is 12.4. The first-order chi connectivity index (χ1) is 9.58. The van der Waals surface area contributed by atoms with Crippen LogP contribution in [0.4, 0.5) is 0 Å². The molecule has 1 unspecified atom stereocenters. The van der Waals surface area contributed by atoms with Crippen LogP contribution in [0.1, 0.15) is 28.8 Å². The molecular formula is C14H12N2O4. The van der Waals surface area contributed by atoms with E-state index in [-0.39, 0.29) is 25.2 Å². The number of benzene rings is 1. The van der Waals surface area contributed by atoms with Crippen molar-refractivity contribution in [2.24, 2.45) is 0 Å². The van der Waals surface area contributed by atoms with Gasteiger partial charge in [0.05, 0.1) is 6.42 Å². The standard InChI is InChI=1S/C14H12N2O4/c17-11-6-5-10(13(19)15-11)16-12(18)7-8-3-1-2-4-9(8)14(16)20/h1-4,10H,5-7H2,(H,15,17,19). The van der Waals surface area contributed by atoms with E-state index in [1.165, 1.54) is 0 Å². The first-order valence-corrected chi connectivity index (χ1v) is 6.36. The zero-order chi connectivity index (χ0) is 14.3. The molecule has 1 atom stereocenters. The van der Waals surface area contributed by atoms with Gasteiger partial charge in [-0.3, -0.25) is 29.4 Å². The normalized spacial score (nSPS) is 22.6. The van der Waals surface area contributed by atoms with E-state index in [0.29, 0.717) is 11.1 Å². The van der Waals surface area contributed by atoms with Gasteiger partial charge in [-0.15, -0.1) is 0 Å². The molecule has 0 aliphatic carbocycles. The van der Waals surface area contributed by atoms with Crippen LogP contribution in [0.15, 0.2) is 24.3 Å². The average Bonchev–Trinajstić information content (AvgIpc) is 2.41. The van der Waals surface area contributed by atoms with E-state index in [1.54, 1.807) is 24.3 Å². The minimum absolute atomic E-state index is 0.0969. The number of imide groups is 2. The van der Waals surface area contributed by atoms with Crippen LogP contribution in [0.2, 0.25) is 0 Å². The number of nitrogens with zero attached hydrogens (tertiary/aromatic N) is 1. The molecule has 6 nitrogen and oxygen atoms in total. The van der Waals surface area contributed by atoms with E-state index in [1.807, 2.05) is 0 Å². The number of amides is 4. The lowest BCUT2D eigenvalue weighted by atomic mass is 9.95. The van der Waals surface area contributed by atoms with Crippen LogP contribution in [-0.4, -0.2) is 34.6 Å². The molecule has 1 aromatic carbocycles. The molecule has 3 rings (SSSR count). The second kappa shape index (κ2) is 4.56. The van der Waals surface area contributed by atoms with Crippen LogP contribution in [-0.2, 0) is 20.8 Å². The maximum Gasteiger partial charge on any atom is 0.261 e. The van der Waals surface area contributed by atoms with E-state index < -0.39 is 23.8 Å². The molecule has 0 saturated carbocycles. The Bertz CT molecular complexity index is 638. The lowest BCUT2D eigenvalue weighted by Crippen LogP contribution is -2.57. The van der Waals surface area contributed by atoms with E-state index in [4.69, 9.17) is 0 Å². The van der Waals surface area contributed by atoms with Crippen LogP contribution in [0.3, 0.4) is 0 Å². The number of fused-ring (bicyclic) bond motifs is 1. The summed E-state index contributed by atoms with van der Waals surface area (Å²) in [6.45, 7) is 0. The number of carbonyl (C=O) groups excluding carboxylic acids is 4. The Morgan fingerprint density at radius 1 is 1.10 bits per heavy atom. The third kappa shape index (κ3) is 1.89. The monoisotopic (exact) mass is 272 g/mol. The molecule has 1 fully saturated rings. The lowest BCUT2D eigenvalue weighted by molar-refractivity contribution is -0.143. The fourth-order valence-corrected chi connectivity index (χ4v) is 2.62. The predicted molar refractivity (Wildman–Crippen MR) is 67.5 cm³/mol. The van der Waals surface area contributed by atoms with Gasteiger partial charge < -0.3 is 0 Å². The molecule has 0 aromatic heterocycles. The van der Waals surface area contributed by atoms with Gasteiger partial charge in [0.2, 0.25) is 17.7 Å². The Kier molecular flexibility index (Phi) is 2.85. The minimum Gasteiger partial charge on any atom is -0.295 e. The van der Waals surface area contributed by atoms with Gasteiger partial charge in [-0.05, 0) is 18.1 Å². The van der Waals surface area contributed by atoms with Crippen molar-refractivity contribution in [1.29, 1.82) is 0 Å². The minimum atomic E-state index is -0.888. The van der Waals surface area contributed by atoms with Crippen molar-refractivity contribution in [3.8, 4) is 0 Å². The summed E-state index contributed by atoms with van der Waals surface area (Å²) in [4.78, 5) is 48.5. The zero-order valence-electron chi connectivity index (χ0n) is 10.6. The van der Waals surface area contributed by atoms with Crippen molar-refractivity contribution < 1.29 is 19.2 Å². The number of nitrogens with one attached hydrogen (secondary N) is 1. The Balaban J connectivity index is 1.95. The number of hydrogen-bond acceptors (Lipinski definition) is 4. The molecule has 0 radical (unpaired) electrons. The van der Waals surface area contributed by atoms with Crippen LogP contribution >= 0.6 is 0 Å². The third-order valence-corrected chi connectivity index (χ3v) is 3.60. The first-order valence-electron chi connectivity index (χ1n) is 6.36. The summed E-state index contributed by atoms with van der Waals surface area (Å²) >= 11 is 0. The van der Waals surface area contributed by atoms with Crippen molar-refractivity contribution >= 4 is 23.6 Å². The molecule has 6 heteroatoms. The van der Waals surface area contributed by atoms with E-state index in [0.717, 1.165) is 4.90 Å². The molecule has 4 amide bonds. The Morgan fingerprint density at radius 3 is 2.60 bits per heavy atom. The molecule has 1 N–H and O–H groups in total. The summed E-state index contributed by atoms with van der Waals surface area (Å²) in [5.74, 6) is -1.82. The van der Waals surface area contributed by atoms with Gasteiger partial charge in [-0.25, -0.2) is 0 Å². The predicted octanol–water partition coefficient (Wildman–Crippen LogP) is 0.0167. The molecule has 1 saturated heterocycles. The topological polar surface area (TPSA) is 83.6 Å². The molecule has 2 heterocycles. The van der Waals surface area contributed by atoms with Gasteiger partial charge in [0.1, 0.15) is 6.04 Å². The Morgan fingerprint density at radius 2 is 1.85 bits per heavy atom. The Labute approximate surface area is 114 Å². The molecule has 20 heavy (non-hydrogen) atoms. The number of carbonyl (C=O) groups is 4. The van der Waals surface area contributed by atoms with Gasteiger partial charge in [-0.1, -0.05) is 18.2 Å². The molecule has 0 bridgehead atoms. The highest BCUT2D eigenvalue weighted by Crippen LogP contribution is 2.24. The average molecular weight is 272 g/mol. The quantitative estimate of drug-likeness (QED) is 0.730. The zero-order valence-corrected chi connectivity index (χ0v) is 10.6. The van der Waals surface area contributed by atoms with Crippen molar-refractivity contribution in [2.45, 2.75) is 25.3 Å². The SMILES string of the molecule is O=C1CCC(N2C(=O)Cc3ccccc3C2=O)C(=O)N1. The first kappa shape index (κ1) is 12.5. The van der Waals surface area contributed by atoms with E-state index in [9.17, 15) is 19.2 Å². The van der Waals surface area contributed by atoms with Crippen LogP contribution in [0.5, 0.6) is 0 Å². The molecule has 2 aliphatic rings.